The molecule has 4 nitrogen and oxygen atoms in total. The highest BCUT2D eigenvalue weighted by Crippen LogP contribution is 2.22. The van der Waals surface area contributed by atoms with E-state index < -0.39 is 6.04 Å². The number of pyridine rings is 1. The minimum atomic E-state index is -0.566. The molecule has 0 radical (unpaired) electrons. The molecule has 0 aliphatic rings. The fourth-order valence-electron chi connectivity index (χ4n) is 1.17. The van der Waals surface area contributed by atoms with Gasteiger partial charge in [0.05, 0.1) is 11.6 Å². The summed E-state index contributed by atoms with van der Waals surface area (Å²) in [4.78, 5) is 15.8. The van der Waals surface area contributed by atoms with Crippen molar-refractivity contribution in [1.82, 2.24) is 4.98 Å². The fourth-order valence-corrected chi connectivity index (χ4v) is 1.17. The van der Waals surface area contributed by atoms with E-state index in [4.69, 9.17) is 11.5 Å². The molecule has 82 valence electrons. The van der Waals surface area contributed by atoms with Gasteiger partial charge in [0, 0.05) is 18.1 Å². The number of nitrogens with zero attached hydrogens (tertiary/aromatic N) is 1. The van der Waals surface area contributed by atoms with Crippen LogP contribution in [-0.2, 0) is 0 Å². The maximum Gasteiger partial charge on any atom is 0.183 e. The fraction of sp³-hybridized carbons (Fsp3) is 0.455. The third kappa shape index (κ3) is 2.53. The van der Waals surface area contributed by atoms with Crippen LogP contribution in [0.3, 0.4) is 0 Å². The summed E-state index contributed by atoms with van der Waals surface area (Å²) in [6, 6.07) is 1.03. The van der Waals surface area contributed by atoms with Crippen molar-refractivity contribution < 1.29 is 4.79 Å². The number of Topliss-reactive ketones (excluding diaryl/α,β-unsaturated/α-hetero) is 1. The van der Waals surface area contributed by atoms with E-state index in [9.17, 15) is 4.79 Å². The van der Waals surface area contributed by atoms with E-state index in [0.29, 0.717) is 11.3 Å². The second-order valence-corrected chi connectivity index (χ2v) is 4.67. The first-order valence-corrected chi connectivity index (χ1v) is 4.83. The normalized spacial score (nSPS) is 13.6. The second kappa shape index (κ2) is 3.98. The summed E-state index contributed by atoms with van der Waals surface area (Å²) in [6.45, 7) is 5.76. The largest absolute Gasteiger partial charge is 0.398 e. The SMILES string of the molecule is CC(C)(C)C(N)C(=O)c1cnccc1N. The van der Waals surface area contributed by atoms with E-state index in [0.717, 1.165) is 0 Å². The van der Waals surface area contributed by atoms with Gasteiger partial charge in [0.15, 0.2) is 5.78 Å². The van der Waals surface area contributed by atoms with Crippen LogP contribution in [0.15, 0.2) is 18.5 Å². The average Bonchev–Trinajstić information content (AvgIpc) is 2.15. The number of carbonyl (C=O) groups is 1. The van der Waals surface area contributed by atoms with Crippen LogP contribution in [0, 0.1) is 5.41 Å². The number of hydrogen-bond donors (Lipinski definition) is 2. The lowest BCUT2D eigenvalue weighted by atomic mass is 9.83. The van der Waals surface area contributed by atoms with E-state index in [2.05, 4.69) is 4.98 Å². The molecule has 1 aromatic heterocycles. The van der Waals surface area contributed by atoms with E-state index in [1.54, 1.807) is 12.3 Å². The molecular weight excluding hydrogens is 190 g/mol. The summed E-state index contributed by atoms with van der Waals surface area (Å²) in [5, 5.41) is 0. The first kappa shape index (κ1) is 11.7. The molecule has 0 aliphatic heterocycles. The van der Waals surface area contributed by atoms with Crippen molar-refractivity contribution in [1.29, 1.82) is 0 Å². The summed E-state index contributed by atoms with van der Waals surface area (Å²) in [5.74, 6) is -0.159. The van der Waals surface area contributed by atoms with Crippen LogP contribution in [0.25, 0.3) is 0 Å². The lowest BCUT2D eigenvalue weighted by Crippen LogP contribution is -2.42. The Bertz CT molecular complexity index is 368. The Hall–Kier alpha value is -1.42. The molecule has 0 aromatic carbocycles. The van der Waals surface area contributed by atoms with Crippen molar-refractivity contribution in [2.75, 3.05) is 5.73 Å². The van der Waals surface area contributed by atoms with Crippen LogP contribution in [0.5, 0.6) is 0 Å². The highest BCUT2D eigenvalue weighted by atomic mass is 16.1. The summed E-state index contributed by atoms with van der Waals surface area (Å²) >= 11 is 0. The predicted molar refractivity (Wildman–Crippen MR) is 60.4 cm³/mol. The number of ketones is 1. The Balaban J connectivity index is 3.01. The third-order valence-corrected chi connectivity index (χ3v) is 2.34. The molecule has 0 aliphatic carbocycles. The molecule has 4 heteroatoms. The Labute approximate surface area is 89.7 Å². The third-order valence-electron chi connectivity index (χ3n) is 2.34. The van der Waals surface area contributed by atoms with Crippen LogP contribution in [0.2, 0.25) is 0 Å². The molecule has 15 heavy (non-hydrogen) atoms. The molecule has 0 spiro atoms. The molecule has 0 saturated heterocycles. The molecule has 0 bridgehead atoms. The standard InChI is InChI=1S/C11H17N3O/c1-11(2,3)10(13)9(15)7-6-14-5-4-8(7)12/h4-6,10H,13H2,1-3H3,(H2,12,14). The minimum Gasteiger partial charge on any atom is -0.398 e. The monoisotopic (exact) mass is 207 g/mol. The average molecular weight is 207 g/mol. The van der Waals surface area contributed by atoms with Gasteiger partial charge in [-0.25, -0.2) is 0 Å². The zero-order chi connectivity index (χ0) is 11.6. The molecule has 0 saturated carbocycles. The number of hydrogen-bond acceptors (Lipinski definition) is 4. The van der Waals surface area contributed by atoms with Gasteiger partial charge in [-0.3, -0.25) is 9.78 Å². The van der Waals surface area contributed by atoms with Gasteiger partial charge in [-0.1, -0.05) is 20.8 Å². The first-order valence-electron chi connectivity index (χ1n) is 4.83. The van der Waals surface area contributed by atoms with Gasteiger partial charge in [0.2, 0.25) is 0 Å². The molecule has 0 fully saturated rings. The topological polar surface area (TPSA) is 82.0 Å². The molecule has 1 unspecified atom stereocenters. The van der Waals surface area contributed by atoms with E-state index in [1.165, 1.54) is 6.20 Å². The number of nitrogens with two attached hydrogens (primary N) is 2. The number of anilines is 1. The number of carbonyl (C=O) groups excluding carboxylic acids is 1. The van der Waals surface area contributed by atoms with Gasteiger partial charge in [0.25, 0.3) is 0 Å². The van der Waals surface area contributed by atoms with Crippen molar-refractivity contribution in [3.8, 4) is 0 Å². The predicted octanol–water partition coefficient (Wildman–Crippen LogP) is 1.22. The highest BCUT2D eigenvalue weighted by Gasteiger charge is 2.29. The molecular formula is C11H17N3O. The quantitative estimate of drug-likeness (QED) is 0.714. The molecule has 1 atom stereocenters. The van der Waals surface area contributed by atoms with Crippen molar-refractivity contribution in [2.45, 2.75) is 26.8 Å². The number of aromatic nitrogens is 1. The zero-order valence-electron chi connectivity index (χ0n) is 9.32. The lowest BCUT2D eigenvalue weighted by molar-refractivity contribution is 0.0902. The van der Waals surface area contributed by atoms with E-state index in [1.807, 2.05) is 20.8 Å². The van der Waals surface area contributed by atoms with Gasteiger partial charge in [-0.2, -0.15) is 0 Å². The second-order valence-electron chi connectivity index (χ2n) is 4.67. The van der Waals surface area contributed by atoms with E-state index in [-0.39, 0.29) is 11.2 Å². The maximum absolute atomic E-state index is 12.0. The molecule has 4 N–H and O–H groups in total. The van der Waals surface area contributed by atoms with Gasteiger partial charge in [-0.15, -0.1) is 0 Å². The summed E-state index contributed by atoms with van der Waals surface area (Å²) < 4.78 is 0. The molecule has 0 amide bonds. The van der Waals surface area contributed by atoms with Crippen LogP contribution in [0.1, 0.15) is 31.1 Å². The first-order chi connectivity index (χ1) is 6.84. The maximum atomic E-state index is 12.0. The Morgan fingerprint density at radius 1 is 1.47 bits per heavy atom. The Kier molecular flexibility index (Phi) is 3.09. The van der Waals surface area contributed by atoms with Crippen LogP contribution < -0.4 is 11.5 Å². The molecule has 1 rings (SSSR count). The van der Waals surface area contributed by atoms with Crippen LogP contribution in [0.4, 0.5) is 5.69 Å². The van der Waals surface area contributed by atoms with Crippen LogP contribution in [-0.4, -0.2) is 16.8 Å². The smallest absolute Gasteiger partial charge is 0.183 e. The van der Waals surface area contributed by atoms with Crippen LogP contribution >= 0.6 is 0 Å². The summed E-state index contributed by atoms with van der Waals surface area (Å²) in [6.07, 6.45) is 3.01. The van der Waals surface area contributed by atoms with E-state index >= 15 is 0 Å². The van der Waals surface area contributed by atoms with Crippen molar-refractivity contribution in [2.24, 2.45) is 11.1 Å². The Morgan fingerprint density at radius 3 is 2.53 bits per heavy atom. The van der Waals surface area contributed by atoms with Gasteiger partial charge in [0.1, 0.15) is 0 Å². The Morgan fingerprint density at radius 2 is 2.07 bits per heavy atom. The van der Waals surface area contributed by atoms with Gasteiger partial charge in [-0.05, 0) is 11.5 Å². The zero-order valence-corrected chi connectivity index (χ0v) is 9.32. The van der Waals surface area contributed by atoms with Crippen molar-refractivity contribution >= 4 is 11.5 Å². The number of nitrogen functional groups attached to an aromatic ring is 1. The van der Waals surface area contributed by atoms with Crippen molar-refractivity contribution in [3.63, 3.8) is 0 Å². The lowest BCUT2D eigenvalue weighted by Gasteiger charge is -2.25. The van der Waals surface area contributed by atoms with Gasteiger partial charge >= 0.3 is 0 Å². The van der Waals surface area contributed by atoms with Crippen molar-refractivity contribution in [3.05, 3.63) is 24.0 Å². The molecule has 1 aromatic rings. The van der Waals surface area contributed by atoms with Gasteiger partial charge < -0.3 is 11.5 Å². The number of rotatable bonds is 2. The highest BCUT2D eigenvalue weighted by molar-refractivity contribution is 6.04. The summed E-state index contributed by atoms with van der Waals surface area (Å²) in [5.41, 5.74) is 12.1. The minimum absolute atomic E-state index is 0.159. The summed E-state index contributed by atoms with van der Waals surface area (Å²) in [7, 11) is 0. The molecule has 1 heterocycles.